The molecule has 1 N–H and O–H groups in total. The Morgan fingerprint density at radius 3 is 2.71 bits per heavy atom. The zero-order valence-corrected chi connectivity index (χ0v) is 21.5. The van der Waals surface area contributed by atoms with Crippen molar-refractivity contribution in [1.82, 2.24) is 19.6 Å². The number of carbonyl (C=O) groups is 1. The quantitative estimate of drug-likeness (QED) is 0.438. The summed E-state index contributed by atoms with van der Waals surface area (Å²) in [6, 6.07) is 9.72. The van der Waals surface area contributed by atoms with E-state index in [1.165, 1.54) is 23.9 Å². The molecule has 5 rings (SSSR count). The summed E-state index contributed by atoms with van der Waals surface area (Å²) < 4.78 is 28.8. The highest BCUT2D eigenvalue weighted by Gasteiger charge is 2.23. The van der Waals surface area contributed by atoms with Crippen LogP contribution >= 0.6 is 36.6 Å². The molecule has 1 saturated heterocycles. The molecule has 0 atom stereocenters. The van der Waals surface area contributed by atoms with E-state index in [4.69, 9.17) is 0 Å². The molecule has 0 spiro atoms. The number of rotatable bonds is 7. The molecule has 1 amide bonds. The summed E-state index contributed by atoms with van der Waals surface area (Å²) >= 11 is 1.47. The lowest BCUT2D eigenvalue weighted by Gasteiger charge is -2.32. The van der Waals surface area contributed by atoms with Gasteiger partial charge < -0.3 is 10.2 Å². The number of hydrogen-bond acceptors (Lipinski definition) is 4. The molecular weight excluding hydrogens is 513 g/mol. The first-order valence-corrected chi connectivity index (χ1v) is 12.2. The third-order valence-electron chi connectivity index (χ3n) is 6.43. The van der Waals surface area contributed by atoms with Crippen LogP contribution in [-0.2, 0) is 11.2 Å². The van der Waals surface area contributed by atoms with Gasteiger partial charge in [-0.2, -0.15) is 0 Å². The van der Waals surface area contributed by atoms with E-state index in [0.29, 0.717) is 29.4 Å². The van der Waals surface area contributed by atoms with E-state index >= 15 is 0 Å². The van der Waals surface area contributed by atoms with Crippen LogP contribution in [0.3, 0.4) is 0 Å². The lowest BCUT2D eigenvalue weighted by atomic mass is 9.96. The second-order valence-electron chi connectivity index (χ2n) is 8.69. The number of piperidine rings is 1. The van der Waals surface area contributed by atoms with E-state index in [1.54, 1.807) is 6.20 Å². The molecule has 0 saturated carbocycles. The summed E-state index contributed by atoms with van der Waals surface area (Å²) in [7, 11) is 0. The fraction of sp³-hybridized carbons (Fsp3) is 0.360. The second-order valence-corrected chi connectivity index (χ2v) is 9.75. The Morgan fingerprint density at radius 1 is 1.14 bits per heavy atom. The van der Waals surface area contributed by atoms with Crippen molar-refractivity contribution in [2.45, 2.75) is 30.7 Å². The van der Waals surface area contributed by atoms with Gasteiger partial charge in [0.15, 0.2) is 0 Å². The summed E-state index contributed by atoms with van der Waals surface area (Å²) in [5, 5.41) is 4.12. The molecule has 2 aliphatic rings. The number of pyridine rings is 1. The number of aromatic nitrogens is 2. The van der Waals surface area contributed by atoms with Crippen molar-refractivity contribution >= 4 is 54.2 Å². The third kappa shape index (κ3) is 6.36. The highest BCUT2D eigenvalue weighted by molar-refractivity contribution is 8.04. The predicted molar refractivity (Wildman–Crippen MR) is 140 cm³/mol. The number of aryl methyl sites for hydroxylation is 1. The first-order chi connectivity index (χ1) is 16.1. The lowest BCUT2D eigenvalue weighted by molar-refractivity contribution is -0.117. The summed E-state index contributed by atoms with van der Waals surface area (Å²) in [6.07, 6.45) is 7.22. The molecule has 0 bridgehead atoms. The molecule has 5 nitrogen and oxygen atoms in total. The molecule has 0 aliphatic carbocycles. The lowest BCUT2D eigenvalue weighted by Crippen LogP contribution is -2.39. The first kappa shape index (κ1) is 27.5. The number of imidazole rings is 1. The maximum Gasteiger partial charge on any atom is 0.258 e. The Morgan fingerprint density at radius 2 is 1.94 bits per heavy atom. The number of benzene rings is 1. The van der Waals surface area contributed by atoms with Crippen molar-refractivity contribution in [3.8, 4) is 0 Å². The molecule has 4 heterocycles. The fourth-order valence-electron chi connectivity index (χ4n) is 4.55. The number of nitrogens with zero attached hydrogens (tertiary/aromatic N) is 3. The van der Waals surface area contributed by atoms with Crippen LogP contribution in [0, 0.1) is 17.6 Å². The third-order valence-corrected chi connectivity index (χ3v) is 7.48. The van der Waals surface area contributed by atoms with Crippen LogP contribution in [0.2, 0.25) is 0 Å². The van der Waals surface area contributed by atoms with Crippen LogP contribution in [0.25, 0.3) is 11.7 Å². The number of halogens is 4. The van der Waals surface area contributed by atoms with Gasteiger partial charge in [-0.15, -0.1) is 24.8 Å². The Balaban J connectivity index is 0.00000171. The van der Waals surface area contributed by atoms with Crippen molar-refractivity contribution in [2.24, 2.45) is 5.92 Å². The SMILES string of the molecule is Cl.Cl.O=C(NCC1CCN(CCCc2ccc(F)cc2F)CC1)C1=Cc2cnc3cccc(n23)S1. The topological polar surface area (TPSA) is 49.6 Å². The highest BCUT2D eigenvalue weighted by atomic mass is 35.5. The van der Waals surface area contributed by atoms with E-state index in [9.17, 15) is 13.6 Å². The molecule has 1 fully saturated rings. The van der Waals surface area contributed by atoms with Crippen molar-refractivity contribution < 1.29 is 13.6 Å². The minimum Gasteiger partial charge on any atom is -0.351 e. The maximum absolute atomic E-state index is 13.8. The molecular formula is C25H28Cl2F2N4OS. The van der Waals surface area contributed by atoms with Gasteiger partial charge in [-0.1, -0.05) is 23.9 Å². The van der Waals surface area contributed by atoms with Crippen LogP contribution in [0.1, 0.15) is 30.5 Å². The van der Waals surface area contributed by atoms with Gasteiger partial charge in [0.05, 0.1) is 21.8 Å². The number of amides is 1. The van der Waals surface area contributed by atoms with Gasteiger partial charge >= 0.3 is 0 Å². The van der Waals surface area contributed by atoms with E-state index in [2.05, 4.69) is 19.6 Å². The molecule has 188 valence electrons. The van der Waals surface area contributed by atoms with Crippen molar-refractivity contribution in [1.29, 1.82) is 0 Å². The van der Waals surface area contributed by atoms with E-state index < -0.39 is 11.6 Å². The van der Waals surface area contributed by atoms with Gasteiger partial charge in [-0.3, -0.25) is 9.20 Å². The van der Waals surface area contributed by atoms with Gasteiger partial charge in [0, 0.05) is 12.6 Å². The minimum absolute atomic E-state index is 0. The standard InChI is InChI=1S/C25H26F2N4OS.2ClH/c26-19-7-6-18(21(27)13-19)3-2-10-30-11-8-17(9-12-30)15-29-25(32)22-14-20-16-28-23-4-1-5-24(33-22)31(20)23;;/h1,4-7,13-14,16-17H,2-3,8-12,15H2,(H,29,32);2*1H. The van der Waals surface area contributed by atoms with E-state index in [-0.39, 0.29) is 30.7 Å². The van der Waals surface area contributed by atoms with Gasteiger partial charge in [0.2, 0.25) is 0 Å². The summed E-state index contributed by atoms with van der Waals surface area (Å²) in [4.78, 5) is 20.3. The van der Waals surface area contributed by atoms with Crippen molar-refractivity contribution in [2.75, 3.05) is 26.2 Å². The molecule has 3 aromatic rings. The largest absolute Gasteiger partial charge is 0.351 e. The fourth-order valence-corrected chi connectivity index (χ4v) is 5.56. The monoisotopic (exact) mass is 540 g/mol. The summed E-state index contributed by atoms with van der Waals surface area (Å²) in [5.74, 6) is -0.569. The van der Waals surface area contributed by atoms with Crippen LogP contribution < -0.4 is 5.32 Å². The molecule has 2 aliphatic heterocycles. The van der Waals surface area contributed by atoms with Gasteiger partial charge in [-0.25, -0.2) is 13.8 Å². The molecule has 0 unspecified atom stereocenters. The molecule has 10 heteroatoms. The van der Waals surface area contributed by atoms with E-state index in [0.717, 1.165) is 61.3 Å². The first-order valence-electron chi connectivity index (χ1n) is 11.4. The number of hydrogen-bond donors (Lipinski definition) is 1. The Hall–Kier alpha value is -2.13. The van der Waals surface area contributed by atoms with E-state index in [1.807, 2.05) is 24.3 Å². The molecule has 2 aromatic heterocycles. The maximum atomic E-state index is 13.8. The van der Waals surface area contributed by atoms with Crippen LogP contribution in [0.4, 0.5) is 8.78 Å². The Bertz CT molecular complexity index is 1210. The van der Waals surface area contributed by atoms with Crippen LogP contribution in [0.5, 0.6) is 0 Å². The highest BCUT2D eigenvalue weighted by Crippen LogP contribution is 2.34. The number of carbonyl (C=O) groups excluding carboxylic acids is 1. The summed E-state index contributed by atoms with van der Waals surface area (Å²) in [6.45, 7) is 3.53. The molecule has 1 aromatic carbocycles. The number of nitrogens with one attached hydrogen (secondary N) is 1. The number of thioether (sulfide) groups is 1. The van der Waals surface area contributed by atoms with Crippen molar-refractivity contribution in [3.05, 3.63) is 70.4 Å². The smallest absolute Gasteiger partial charge is 0.258 e. The molecule has 0 radical (unpaired) electrons. The minimum atomic E-state index is -0.534. The van der Waals surface area contributed by atoms with Gasteiger partial charge in [0.25, 0.3) is 5.91 Å². The zero-order valence-electron chi connectivity index (χ0n) is 19.1. The van der Waals surface area contributed by atoms with Crippen LogP contribution in [-0.4, -0.2) is 46.4 Å². The molecule has 35 heavy (non-hydrogen) atoms. The average Bonchev–Trinajstić information content (AvgIpc) is 3.24. The summed E-state index contributed by atoms with van der Waals surface area (Å²) in [5.41, 5.74) is 2.39. The second kappa shape index (κ2) is 12.2. The predicted octanol–water partition coefficient (Wildman–Crippen LogP) is 5.36. The van der Waals surface area contributed by atoms with Gasteiger partial charge in [0.1, 0.15) is 17.3 Å². The Kier molecular flexibility index (Phi) is 9.58. The number of likely N-dealkylation sites (tertiary alicyclic amines) is 1. The Labute approximate surface area is 220 Å². The van der Waals surface area contributed by atoms with Gasteiger partial charge in [-0.05, 0) is 81.1 Å². The average molecular weight is 541 g/mol. The van der Waals surface area contributed by atoms with Crippen molar-refractivity contribution in [3.63, 3.8) is 0 Å². The van der Waals surface area contributed by atoms with Crippen LogP contribution in [0.15, 0.2) is 52.5 Å². The normalized spacial score (nSPS) is 15.8. The zero-order chi connectivity index (χ0) is 22.8.